The lowest BCUT2D eigenvalue weighted by molar-refractivity contribution is 0.411. The molecule has 0 radical (unpaired) electrons. The Bertz CT molecular complexity index is 689. The molecule has 102 valence electrons. The van der Waals surface area contributed by atoms with Gasteiger partial charge in [-0.2, -0.15) is 5.26 Å². The van der Waals surface area contributed by atoms with Crippen LogP contribution in [0.15, 0.2) is 47.4 Å². The zero-order valence-corrected chi connectivity index (χ0v) is 12.2. The average Bonchev–Trinajstić information content (AvgIpc) is 2.47. The van der Waals surface area contributed by atoms with Gasteiger partial charge in [-0.05, 0) is 42.8 Å². The number of benzene rings is 2. The van der Waals surface area contributed by atoms with Crippen LogP contribution >= 0.6 is 0 Å². The second kappa shape index (κ2) is 6.36. The lowest BCUT2D eigenvalue weighted by Crippen LogP contribution is -2.00. The molecule has 0 saturated heterocycles. The maximum Gasteiger partial charge on any atom is 0.123 e. The van der Waals surface area contributed by atoms with Gasteiger partial charge in [0.2, 0.25) is 0 Å². The van der Waals surface area contributed by atoms with Crippen molar-refractivity contribution in [2.24, 2.45) is 0 Å². The van der Waals surface area contributed by atoms with Gasteiger partial charge in [-0.25, -0.2) is 0 Å². The molecule has 0 bridgehead atoms. The van der Waals surface area contributed by atoms with E-state index >= 15 is 0 Å². The summed E-state index contributed by atoms with van der Waals surface area (Å²) in [6.45, 7) is 1.97. The summed E-state index contributed by atoms with van der Waals surface area (Å²) >= 11 is 0. The molecule has 0 fully saturated rings. The molecular weight excluding hydrogens is 270 g/mol. The van der Waals surface area contributed by atoms with Crippen molar-refractivity contribution in [1.82, 2.24) is 0 Å². The van der Waals surface area contributed by atoms with Gasteiger partial charge in [-0.1, -0.05) is 12.1 Å². The maximum atomic E-state index is 12.4. The molecule has 0 N–H and O–H groups in total. The van der Waals surface area contributed by atoms with E-state index in [9.17, 15) is 4.21 Å². The SMILES string of the molecule is COc1ccc(C#N)cc1CS(=O)c1cccc(C)c1. The molecule has 0 heterocycles. The van der Waals surface area contributed by atoms with Crippen LogP contribution in [0.1, 0.15) is 16.7 Å². The van der Waals surface area contributed by atoms with E-state index in [-0.39, 0.29) is 0 Å². The third kappa shape index (κ3) is 3.25. The van der Waals surface area contributed by atoms with E-state index in [2.05, 4.69) is 6.07 Å². The lowest BCUT2D eigenvalue weighted by Gasteiger charge is -2.09. The molecule has 0 aliphatic rings. The van der Waals surface area contributed by atoms with Crippen LogP contribution in [0.2, 0.25) is 0 Å². The molecule has 0 aromatic heterocycles. The first kappa shape index (κ1) is 14.3. The smallest absolute Gasteiger partial charge is 0.123 e. The van der Waals surface area contributed by atoms with Crippen molar-refractivity contribution < 1.29 is 8.95 Å². The topological polar surface area (TPSA) is 50.1 Å². The summed E-state index contributed by atoms with van der Waals surface area (Å²) in [5, 5.41) is 8.95. The van der Waals surface area contributed by atoms with Crippen LogP contribution in [0.25, 0.3) is 0 Å². The molecule has 0 spiro atoms. The first-order valence-electron chi connectivity index (χ1n) is 6.16. The van der Waals surface area contributed by atoms with Crippen molar-refractivity contribution in [3.8, 4) is 11.8 Å². The standard InChI is InChI=1S/C16H15NO2S/c1-12-4-3-5-15(8-12)20(18)11-14-9-13(10-17)6-7-16(14)19-2/h3-9H,11H2,1-2H3. The van der Waals surface area contributed by atoms with Crippen molar-refractivity contribution in [3.05, 3.63) is 59.2 Å². The minimum absolute atomic E-state index is 0.335. The van der Waals surface area contributed by atoms with E-state index in [0.29, 0.717) is 17.1 Å². The van der Waals surface area contributed by atoms with Crippen LogP contribution in [0.3, 0.4) is 0 Å². The van der Waals surface area contributed by atoms with Crippen molar-refractivity contribution >= 4 is 10.8 Å². The fourth-order valence-corrected chi connectivity index (χ4v) is 3.16. The van der Waals surface area contributed by atoms with Gasteiger partial charge in [0, 0.05) is 10.5 Å². The number of nitrogens with zero attached hydrogens (tertiary/aromatic N) is 1. The van der Waals surface area contributed by atoms with Crippen LogP contribution in [0, 0.1) is 18.3 Å². The molecule has 4 heteroatoms. The highest BCUT2D eigenvalue weighted by Crippen LogP contribution is 2.23. The van der Waals surface area contributed by atoms with Gasteiger partial charge < -0.3 is 4.74 Å². The van der Waals surface area contributed by atoms with Crippen LogP contribution in [0.4, 0.5) is 0 Å². The highest BCUT2D eigenvalue weighted by Gasteiger charge is 2.10. The van der Waals surface area contributed by atoms with Gasteiger partial charge >= 0.3 is 0 Å². The Kier molecular flexibility index (Phi) is 4.54. The van der Waals surface area contributed by atoms with Crippen molar-refractivity contribution in [1.29, 1.82) is 5.26 Å². The summed E-state index contributed by atoms with van der Waals surface area (Å²) in [5.74, 6) is 0.993. The third-order valence-electron chi connectivity index (χ3n) is 2.95. The number of nitriles is 1. The zero-order chi connectivity index (χ0) is 14.5. The molecule has 0 aliphatic carbocycles. The van der Waals surface area contributed by atoms with Gasteiger partial charge in [-0.15, -0.1) is 0 Å². The third-order valence-corrected chi connectivity index (χ3v) is 4.30. The van der Waals surface area contributed by atoms with E-state index in [0.717, 1.165) is 16.0 Å². The summed E-state index contributed by atoms with van der Waals surface area (Å²) < 4.78 is 17.7. The Hall–Kier alpha value is -2.12. The highest BCUT2D eigenvalue weighted by atomic mass is 32.2. The van der Waals surface area contributed by atoms with E-state index in [1.54, 1.807) is 25.3 Å². The number of ether oxygens (including phenoxy) is 1. The van der Waals surface area contributed by atoms with Crippen molar-refractivity contribution in [2.75, 3.05) is 7.11 Å². The largest absolute Gasteiger partial charge is 0.496 e. The molecule has 0 aliphatic heterocycles. The summed E-state index contributed by atoms with van der Waals surface area (Å²) in [7, 11) is 0.414. The second-order valence-corrected chi connectivity index (χ2v) is 5.90. The predicted molar refractivity (Wildman–Crippen MR) is 79.0 cm³/mol. The molecule has 0 saturated carbocycles. The maximum absolute atomic E-state index is 12.4. The predicted octanol–water partition coefficient (Wildman–Crippen LogP) is 3.18. The van der Waals surface area contributed by atoms with Gasteiger partial charge in [-0.3, -0.25) is 4.21 Å². The molecule has 2 aromatic rings. The van der Waals surface area contributed by atoms with Crippen molar-refractivity contribution in [3.63, 3.8) is 0 Å². The van der Waals surface area contributed by atoms with Gasteiger partial charge in [0.15, 0.2) is 0 Å². The fraction of sp³-hybridized carbons (Fsp3) is 0.188. The van der Waals surface area contributed by atoms with Crippen LogP contribution in [-0.4, -0.2) is 11.3 Å². The van der Waals surface area contributed by atoms with E-state index < -0.39 is 10.8 Å². The molecule has 1 unspecified atom stereocenters. The zero-order valence-electron chi connectivity index (χ0n) is 11.4. The lowest BCUT2D eigenvalue weighted by atomic mass is 10.1. The van der Waals surface area contributed by atoms with Gasteiger partial charge in [0.05, 0.1) is 35.3 Å². The first-order chi connectivity index (χ1) is 9.63. The minimum atomic E-state index is -1.16. The monoisotopic (exact) mass is 285 g/mol. The van der Waals surface area contributed by atoms with E-state index in [4.69, 9.17) is 10.00 Å². The van der Waals surface area contributed by atoms with Crippen LogP contribution in [0.5, 0.6) is 5.75 Å². The Morgan fingerprint density at radius 3 is 2.70 bits per heavy atom. The number of hydrogen-bond acceptors (Lipinski definition) is 3. The normalized spacial score (nSPS) is 11.7. The number of rotatable bonds is 4. The quantitative estimate of drug-likeness (QED) is 0.867. The summed E-state index contributed by atoms with van der Waals surface area (Å²) in [6.07, 6.45) is 0. The summed E-state index contributed by atoms with van der Waals surface area (Å²) in [5.41, 5.74) is 2.40. The number of hydrogen-bond donors (Lipinski definition) is 0. The Labute approximate surface area is 121 Å². The van der Waals surface area contributed by atoms with Gasteiger partial charge in [0.1, 0.15) is 5.75 Å². The molecule has 1 atom stereocenters. The summed E-state index contributed by atoms with van der Waals surface area (Å²) in [4.78, 5) is 0.786. The molecule has 2 aromatic carbocycles. The fourth-order valence-electron chi connectivity index (χ4n) is 1.94. The van der Waals surface area contributed by atoms with Crippen molar-refractivity contribution in [2.45, 2.75) is 17.6 Å². The Balaban J connectivity index is 2.29. The van der Waals surface area contributed by atoms with E-state index in [1.165, 1.54) is 0 Å². The van der Waals surface area contributed by atoms with Gasteiger partial charge in [0.25, 0.3) is 0 Å². The van der Waals surface area contributed by atoms with Crippen LogP contribution < -0.4 is 4.74 Å². The highest BCUT2D eigenvalue weighted by molar-refractivity contribution is 7.84. The Morgan fingerprint density at radius 2 is 2.05 bits per heavy atom. The van der Waals surface area contributed by atoms with Crippen LogP contribution in [-0.2, 0) is 16.6 Å². The minimum Gasteiger partial charge on any atom is -0.496 e. The molecule has 2 rings (SSSR count). The Morgan fingerprint density at radius 1 is 1.25 bits per heavy atom. The first-order valence-corrected chi connectivity index (χ1v) is 7.48. The molecular formula is C16H15NO2S. The number of methoxy groups -OCH3 is 1. The second-order valence-electron chi connectivity index (χ2n) is 4.44. The summed E-state index contributed by atoms with van der Waals surface area (Å²) in [6, 6.07) is 14.9. The molecule has 3 nitrogen and oxygen atoms in total. The molecule has 0 amide bonds. The number of aryl methyl sites for hydroxylation is 1. The van der Waals surface area contributed by atoms with E-state index in [1.807, 2.05) is 31.2 Å². The molecule has 20 heavy (non-hydrogen) atoms. The average molecular weight is 285 g/mol.